The van der Waals surface area contributed by atoms with Crippen LogP contribution in [-0.2, 0) is 13.1 Å². The maximum absolute atomic E-state index is 3.73. The lowest BCUT2D eigenvalue weighted by atomic mass is 9.94. The minimum atomic E-state index is 0.886. The lowest BCUT2D eigenvalue weighted by molar-refractivity contribution is 0.388. The molecule has 0 spiro atoms. The highest BCUT2D eigenvalue weighted by molar-refractivity contribution is 5.87. The minimum absolute atomic E-state index is 0.886. The van der Waals surface area contributed by atoms with Gasteiger partial charge in [-0.3, -0.25) is 0 Å². The molecule has 0 atom stereocenters. The van der Waals surface area contributed by atoms with Gasteiger partial charge in [-0.1, -0.05) is 60.7 Å². The Morgan fingerprint density at radius 3 is 1.28 bits per heavy atom. The fraction of sp³-hybridized carbons (Fsp3) is 0.273. The highest BCUT2D eigenvalue weighted by Crippen LogP contribution is 2.38. The molecule has 0 unspecified atom stereocenters. The van der Waals surface area contributed by atoms with Gasteiger partial charge in [-0.2, -0.15) is 0 Å². The quantitative estimate of drug-likeness (QED) is 0.719. The van der Waals surface area contributed by atoms with E-state index in [0.717, 1.165) is 13.1 Å². The molecule has 0 aliphatic carbocycles. The smallest absolute Gasteiger partial charge is 0.0385 e. The Bertz CT molecular complexity index is 734. The number of hydrogen-bond donors (Lipinski definition) is 1. The van der Waals surface area contributed by atoms with Gasteiger partial charge in [-0.15, -0.1) is 0 Å². The first-order valence-corrected chi connectivity index (χ1v) is 8.70. The van der Waals surface area contributed by atoms with Crippen molar-refractivity contribution >= 4 is 0 Å². The number of aromatic amines is 1. The van der Waals surface area contributed by atoms with Gasteiger partial charge in [-0.05, 0) is 39.3 Å². The molecule has 0 radical (unpaired) electrons. The summed E-state index contributed by atoms with van der Waals surface area (Å²) < 4.78 is 0. The van der Waals surface area contributed by atoms with Crippen molar-refractivity contribution in [3.8, 4) is 22.3 Å². The second-order valence-corrected chi connectivity index (χ2v) is 7.04. The van der Waals surface area contributed by atoms with Crippen LogP contribution in [-0.4, -0.2) is 43.0 Å². The van der Waals surface area contributed by atoms with E-state index in [4.69, 9.17) is 0 Å². The third-order valence-corrected chi connectivity index (χ3v) is 4.23. The summed E-state index contributed by atoms with van der Waals surface area (Å²) in [5.41, 5.74) is 7.70. The van der Waals surface area contributed by atoms with Gasteiger partial charge >= 0.3 is 0 Å². The molecular formula is C22H27N3. The largest absolute Gasteiger partial charge is 0.359 e. The summed E-state index contributed by atoms with van der Waals surface area (Å²) in [5.74, 6) is 0. The van der Waals surface area contributed by atoms with Gasteiger partial charge in [0.15, 0.2) is 0 Å². The fourth-order valence-corrected chi connectivity index (χ4v) is 3.33. The molecule has 0 amide bonds. The summed E-state index contributed by atoms with van der Waals surface area (Å²) >= 11 is 0. The summed E-state index contributed by atoms with van der Waals surface area (Å²) in [5, 5.41) is 0. The van der Waals surface area contributed by atoms with Crippen molar-refractivity contribution in [3.05, 3.63) is 72.1 Å². The topological polar surface area (TPSA) is 22.3 Å². The SMILES string of the molecule is CN(C)Cc1[nH]c(CN(C)C)c(-c2ccccc2)c1-c1ccccc1. The van der Waals surface area contributed by atoms with E-state index in [-0.39, 0.29) is 0 Å². The molecule has 0 saturated carbocycles. The highest BCUT2D eigenvalue weighted by Gasteiger charge is 2.20. The summed E-state index contributed by atoms with van der Waals surface area (Å²) in [6, 6.07) is 21.4. The van der Waals surface area contributed by atoms with E-state index in [9.17, 15) is 0 Å². The Morgan fingerprint density at radius 1 is 0.600 bits per heavy atom. The van der Waals surface area contributed by atoms with Crippen molar-refractivity contribution in [2.75, 3.05) is 28.2 Å². The monoisotopic (exact) mass is 333 g/mol. The fourth-order valence-electron chi connectivity index (χ4n) is 3.33. The van der Waals surface area contributed by atoms with E-state index < -0.39 is 0 Å². The van der Waals surface area contributed by atoms with Gasteiger partial charge in [0.05, 0.1) is 0 Å². The van der Waals surface area contributed by atoms with Crippen LogP contribution in [0.2, 0.25) is 0 Å². The second-order valence-electron chi connectivity index (χ2n) is 7.04. The van der Waals surface area contributed by atoms with Crippen LogP contribution >= 0.6 is 0 Å². The molecule has 1 heterocycles. The summed E-state index contributed by atoms with van der Waals surface area (Å²) in [7, 11) is 8.46. The zero-order chi connectivity index (χ0) is 17.8. The van der Waals surface area contributed by atoms with Crippen LogP contribution in [0.3, 0.4) is 0 Å². The molecule has 1 aromatic heterocycles. The van der Waals surface area contributed by atoms with Crippen LogP contribution in [0.1, 0.15) is 11.4 Å². The van der Waals surface area contributed by atoms with Crippen molar-refractivity contribution in [2.24, 2.45) is 0 Å². The Kier molecular flexibility index (Phi) is 5.37. The third kappa shape index (κ3) is 4.01. The van der Waals surface area contributed by atoms with Gasteiger partial charge in [0.1, 0.15) is 0 Å². The molecule has 25 heavy (non-hydrogen) atoms. The van der Waals surface area contributed by atoms with Crippen molar-refractivity contribution in [2.45, 2.75) is 13.1 Å². The van der Waals surface area contributed by atoms with E-state index in [2.05, 4.69) is 104 Å². The molecule has 0 aliphatic rings. The van der Waals surface area contributed by atoms with Crippen LogP contribution in [0, 0.1) is 0 Å². The predicted molar refractivity (Wildman–Crippen MR) is 106 cm³/mol. The Labute approximate surface area is 150 Å². The lowest BCUT2D eigenvalue weighted by Crippen LogP contribution is -2.13. The summed E-state index contributed by atoms with van der Waals surface area (Å²) in [4.78, 5) is 8.16. The van der Waals surface area contributed by atoms with Gasteiger partial charge in [-0.25, -0.2) is 0 Å². The van der Waals surface area contributed by atoms with Crippen LogP contribution in [0.25, 0.3) is 22.3 Å². The molecule has 3 nitrogen and oxygen atoms in total. The first-order chi connectivity index (χ1) is 12.1. The average molecular weight is 333 g/mol. The number of nitrogens with one attached hydrogen (secondary N) is 1. The van der Waals surface area contributed by atoms with Gasteiger partial charge in [0, 0.05) is 35.6 Å². The van der Waals surface area contributed by atoms with Gasteiger partial charge in [0.25, 0.3) is 0 Å². The first kappa shape index (κ1) is 17.5. The Morgan fingerprint density at radius 2 is 0.960 bits per heavy atom. The summed E-state index contributed by atoms with van der Waals surface area (Å²) in [6.07, 6.45) is 0. The van der Waals surface area contributed by atoms with Crippen molar-refractivity contribution in [1.29, 1.82) is 0 Å². The zero-order valence-corrected chi connectivity index (χ0v) is 15.6. The molecule has 0 fully saturated rings. The summed E-state index contributed by atoms with van der Waals surface area (Å²) in [6.45, 7) is 1.77. The van der Waals surface area contributed by atoms with Crippen LogP contribution < -0.4 is 0 Å². The molecule has 130 valence electrons. The normalized spacial score (nSPS) is 11.4. The van der Waals surface area contributed by atoms with Gasteiger partial charge in [0.2, 0.25) is 0 Å². The van der Waals surface area contributed by atoms with Gasteiger partial charge < -0.3 is 14.8 Å². The van der Waals surface area contributed by atoms with E-state index >= 15 is 0 Å². The van der Waals surface area contributed by atoms with Crippen LogP contribution in [0.5, 0.6) is 0 Å². The maximum Gasteiger partial charge on any atom is 0.0385 e. The number of H-pyrrole nitrogens is 1. The lowest BCUT2D eigenvalue weighted by Gasteiger charge is -2.13. The van der Waals surface area contributed by atoms with Crippen molar-refractivity contribution in [3.63, 3.8) is 0 Å². The Hall–Kier alpha value is -2.36. The molecule has 2 aromatic carbocycles. The molecule has 0 bridgehead atoms. The minimum Gasteiger partial charge on any atom is -0.359 e. The van der Waals surface area contributed by atoms with E-state index in [1.54, 1.807) is 0 Å². The number of benzene rings is 2. The molecule has 1 N–H and O–H groups in total. The number of hydrogen-bond acceptors (Lipinski definition) is 2. The predicted octanol–water partition coefficient (Wildman–Crippen LogP) is 4.47. The van der Waals surface area contributed by atoms with Crippen LogP contribution in [0.4, 0.5) is 0 Å². The zero-order valence-electron chi connectivity index (χ0n) is 15.6. The molecule has 3 rings (SSSR count). The van der Waals surface area contributed by atoms with Crippen molar-refractivity contribution < 1.29 is 0 Å². The number of rotatable bonds is 6. The second kappa shape index (κ2) is 7.68. The number of nitrogens with zero attached hydrogens (tertiary/aromatic N) is 2. The molecule has 0 aliphatic heterocycles. The first-order valence-electron chi connectivity index (χ1n) is 8.70. The molecule has 3 aromatic rings. The molecule has 0 saturated heterocycles. The molecule has 3 heteroatoms. The number of aromatic nitrogens is 1. The highest BCUT2D eigenvalue weighted by atomic mass is 15.1. The standard InChI is InChI=1S/C22H27N3/c1-24(2)15-19-21(17-11-7-5-8-12-17)22(18-13-9-6-10-14-18)20(23-19)16-25(3)4/h5-14,23H,15-16H2,1-4H3. The Balaban J connectivity index is 2.26. The van der Waals surface area contributed by atoms with Crippen LogP contribution in [0.15, 0.2) is 60.7 Å². The maximum atomic E-state index is 3.73. The molecular weight excluding hydrogens is 306 g/mol. The van der Waals surface area contributed by atoms with E-state index in [1.807, 2.05) is 0 Å². The average Bonchev–Trinajstić information content (AvgIpc) is 2.92. The van der Waals surface area contributed by atoms with E-state index in [0.29, 0.717) is 0 Å². The third-order valence-electron chi connectivity index (χ3n) is 4.23. The van der Waals surface area contributed by atoms with E-state index in [1.165, 1.54) is 33.6 Å². The van der Waals surface area contributed by atoms with Crippen molar-refractivity contribution in [1.82, 2.24) is 14.8 Å².